The van der Waals surface area contributed by atoms with Crippen molar-refractivity contribution in [3.05, 3.63) is 0 Å². The highest BCUT2D eigenvalue weighted by Crippen LogP contribution is 1.93. The summed E-state index contributed by atoms with van der Waals surface area (Å²) < 4.78 is 9.47. The maximum Gasteiger partial charge on any atom is 0.354 e. The zero-order valence-electron chi connectivity index (χ0n) is 10.6. The molecule has 0 atom stereocenters. The van der Waals surface area contributed by atoms with Crippen LogP contribution in [-0.4, -0.2) is 36.6 Å². The lowest BCUT2D eigenvalue weighted by molar-refractivity contribution is -0.141. The van der Waals surface area contributed by atoms with Gasteiger partial charge in [0.1, 0.15) is 5.71 Å². The summed E-state index contributed by atoms with van der Waals surface area (Å²) in [6.07, 6.45) is 0.0629. The lowest BCUT2D eigenvalue weighted by Crippen LogP contribution is -2.14. The maximum absolute atomic E-state index is 11.2. The van der Waals surface area contributed by atoms with Crippen molar-refractivity contribution in [1.29, 1.82) is 0 Å². The summed E-state index contributed by atoms with van der Waals surface area (Å²) in [6, 6.07) is 0. The molecule has 0 aliphatic rings. The maximum atomic E-state index is 11.2. The molecule has 0 fully saturated rings. The largest absolute Gasteiger partial charge is 0.466 e. The highest BCUT2D eigenvalue weighted by molar-refractivity contribution is 6.35. The summed E-state index contributed by atoms with van der Waals surface area (Å²) in [4.78, 5) is 22.3. The first-order valence-corrected chi connectivity index (χ1v) is 5.41. The molecule has 6 nitrogen and oxygen atoms in total. The quantitative estimate of drug-likeness (QED) is 0.400. The van der Waals surface area contributed by atoms with Crippen LogP contribution in [0.4, 0.5) is 0 Å². The highest BCUT2D eigenvalue weighted by atomic mass is 16.5. The topological polar surface area (TPSA) is 77.3 Å². The van der Waals surface area contributed by atoms with Crippen molar-refractivity contribution in [3.63, 3.8) is 0 Å². The fourth-order valence-corrected chi connectivity index (χ4v) is 0.893. The fourth-order valence-electron chi connectivity index (χ4n) is 0.893. The summed E-state index contributed by atoms with van der Waals surface area (Å²) in [5.74, 6) is -0.877. The second-order valence-electron chi connectivity index (χ2n) is 3.22. The molecule has 0 unspecified atom stereocenters. The van der Waals surface area contributed by atoms with E-state index in [2.05, 4.69) is 10.2 Å². The second-order valence-corrected chi connectivity index (χ2v) is 3.22. The van der Waals surface area contributed by atoms with Gasteiger partial charge in [-0.3, -0.25) is 4.79 Å². The van der Waals surface area contributed by atoms with Crippen molar-refractivity contribution in [2.24, 2.45) is 10.2 Å². The van der Waals surface area contributed by atoms with Gasteiger partial charge in [0.15, 0.2) is 0 Å². The number of hydrogen-bond donors (Lipinski definition) is 0. The number of carbonyl (C=O) groups excluding carboxylic acids is 2. The van der Waals surface area contributed by atoms with Gasteiger partial charge in [0, 0.05) is 5.71 Å². The monoisotopic (exact) mass is 242 g/mol. The Kier molecular flexibility index (Phi) is 7.58. The molecule has 0 aromatic heterocycles. The van der Waals surface area contributed by atoms with Gasteiger partial charge in [0.05, 0.1) is 19.6 Å². The molecule has 0 bridgehead atoms. The van der Waals surface area contributed by atoms with Crippen LogP contribution >= 0.6 is 0 Å². The molecular formula is C11H18N2O4. The van der Waals surface area contributed by atoms with E-state index in [1.807, 2.05) is 0 Å². The van der Waals surface area contributed by atoms with Crippen LogP contribution in [0.5, 0.6) is 0 Å². The number of nitrogens with zero attached hydrogens (tertiary/aromatic N) is 2. The standard InChI is InChI=1S/C11H18N2O4/c1-5-16-10(14)7-8(3)12-13-9(4)11(15)17-6-2/h5-7H2,1-4H3/b12-8+,13-9-. The Morgan fingerprint density at radius 1 is 1.00 bits per heavy atom. The average molecular weight is 242 g/mol. The molecule has 0 aromatic rings. The van der Waals surface area contributed by atoms with Gasteiger partial charge in [-0.25, -0.2) is 4.79 Å². The molecule has 0 rings (SSSR count). The van der Waals surface area contributed by atoms with E-state index in [9.17, 15) is 9.59 Å². The van der Waals surface area contributed by atoms with Crippen molar-refractivity contribution >= 4 is 23.4 Å². The van der Waals surface area contributed by atoms with Crippen LogP contribution in [0.25, 0.3) is 0 Å². The third kappa shape index (κ3) is 7.21. The lowest BCUT2D eigenvalue weighted by atomic mass is 10.3. The van der Waals surface area contributed by atoms with Crippen molar-refractivity contribution in [2.75, 3.05) is 13.2 Å². The first-order valence-electron chi connectivity index (χ1n) is 5.41. The summed E-state index contributed by atoms with van der Waals surface area (Å²) in [5, 5.41) is 7.43. The van der Waals surface area contributed by atoms with E-state index in [0.29, 0.717) is 12.3 Å². The predicted octanol–water partition coefficient (Wildman–Crippen LogP) is 1.34. The molecule has 6 heteroatoms. The van der Waals surface area contributed by atoms with Crippen molar-refractivity contribution in [1.82, 2.24) is 0 Å². The Morgan fingerprint density at radius 2 is 1.59 bits per heavy atom. The molecule has 0 aliphatic carbocycles. The van der Waals surface area contributed by atoms with E-state index in [4.69, 9.17) is 9.47 Å². The van der Waals surface area contributed by atoms with Crippen LogP contribution in [0.3, 0.4) is 0 Å². The second kappa shape index (κ2) is 8.43. The Balaban J connectivity index is 4.34. The normalized spacial score (nSPS) is 12.2. The zero-order chi connectivity index (χ0) is 13.3. The molecule has 0 radical (unpaired) electrons. The van der Waals surface area contributed by atoms with Crippen LogP contribution in [0, 0.1) is 0 Å². The van der Waals surface area contributed by atoms with Gasteiger partial charge in [-0.2, -0.15) is 5.10 Å². The minimum absolute atomic E-state index is 0.0629. The molecule has 0 amide bonds. The van der Waals surface area contributed by atoms with E-state index >= 15 is 0 Å². The summed E-state index contributed by atoms with van der Waals surface area (Å²) in [6.45, 7) is 7.19. The molecular weight excluding hydrogens is 224 g/mol. The lowest BCUT2D eigenvalue weighted by Gasteiger charge is -2.00. The fraction of sp³-hybridized carbons (Fsp3) is 0.636. The Morgan fingerprint density at radius 3 is 2.12 bits per heavy atom. The molecule has 17 heavy (non-hydrogen) atoms. The number of rotatable bonds is 6. The Bertz CT molecular complexity index is 334. The van der Waals surface area contributed by atoms with E-state index in [1.54, 1.807) is 20.8 Å². The Labute approximate surface area is 101 Å². The predicted molar refractivity (Wildman–Crippen MR) is 64.1 cm³/mol. The minimum atomic E-state index is -0.514. The first kappa shape index (κ1) is 15.3. The summed E-state index contributed by atoms with van der Waals surface area (Å²) >= 11 is 0. The molecule has 0 saturated carbocycles. The minimum Gasteiger partial charge on any atom is -0.466 e. The average Bonchev–Trinajstić information content (AvgIpc) is 2.26. The number of hydrogen-bond acceptors (Lipinski definition) is 6. The van der Waals surface area contributed by atoms with Crippen LogP contribution in [0.1, 0.15) is 34.1 Å². The molecule has 96 valence electrons. The first-order chi connectivity index (χ1) is 8.01. The zero-order valence-corrected chi connectivity index (χ0v) is 10.6. The van der Waals surface area contributed by atoms with Gasteiger partial charge in [-0.05, 0) is 27.7 Å². The van der Waals surface area contributed by atoms with Gasteiger partial charge >= 0.3 is 11.9 Å². The summed E-state index contributed by atoms with van der Waals surface area (Å²) in [5.41, 5.74) is 0.627. The molecule has 0 N–H and O–H groups in total. The molecule has 0 spiro atoms. The van der Waals surface area contributed by atoms with Crippen molar-refractivity contribution in [3.8, 4) is 0 Å². The van der Waals surface area contributed by atoms with Crippen LogP contribution in [0.15, 0.2) is 10.2 Å². The van der Waals surface area contributed by atoms with E-state index in [0.717, 1.165) is 0 Å². The number of esters is 2. The van der Waals surface area contributed by atoms with E-state index in [-0.39, 0.29) is 24.7 Å². The van der Waals surface area contributed by atoms with Gasteiger partial charge in [-0.15, -0.1) is 5.10 Å². The summed E-state index contributed by atoms with van der Waals surface area (Å²) in [7, 11) is 0. The number of carbonyl (C=O) groups is 2. The third-order valence-corrected chi connectivity index (χ3v) is 1.65. The van der Waals surface area contributed by atoms with Crippen molar-refractivity contribution in [2.45, 2.75) is 34.1 Å². The molecule has 0 saturated heterocycles. The van der Waals surface area contributed by atoms with Crippen LogP contribution in [0.2, 0.25) is 0 Å². The smallest absolute Gasteiger partial charge is 0.354 e. The highest BCUT2D eigenvalue weighted by Gasteiger charge is 2.07. The van der Waals surface area contributed by atoms with Gasteiger partial charge in [0.25, 0.3) is 0 Å². The van der Waals surface area contributed by atoms with E-state index < -0.39 is 5.97 Å². The SMILES string of the molecule is CCOC(=O)C/C(C)=N/N=C(/C)C(=O)OCC. The van der Waals surface area contributed by atoms with Gasteiger partial charge < -0.3 is 9.47 Å². The molecule has 0 aliphatic heterocycles. The third-order valence-electron chi connectivity index (χ3n) is 1.65. The van der Waals surface area contributed by atoms with Crippen LogP contribution < -0.4 is 0 Å². The molecule has 0 aromatic carbocycles. The van der Waals surface area contributed by atoms with Gasteiger partial charge in [-0.1, -0.05) is 0 Å². The number of ether oxygens (including phenoxy) is 2. The van der Waals surface area contributed by atoms with Crippen molar-refractivity contribution < 1.29 is 19.1 Å². The van der Waals surface area contributed by atoms with Gasteiger partial charge in [0.2, 0.25) is 0 Å². The Hall–Kier alpha value is -1.72. The van der Waals surface area contributed by atoms with Crippen LogP contribution in [-0.2, 0) is 19.1 Å². The molecule has 0 heterocycles. The van der Waals surface area contributed by atoms with E-state index in [1.165, 1.54) is 6.92 Å².